The van der Waals surface area contributed by atoms with Gasteiger partial charge in [-0.2, -0.15) is 22.3 Å². The number of halogens is 1. The number of rotatable bonds is 7. The lowest BCUT2D eigenvalue weighted by molar-refractivity contribution is 0.175. The fraction of sp³-hybridized carbons (Fsp3) is 0.533. The van der Waals surface area contributed by atoms with Gasteiger partial charge >= 0.3 is 0 Å². The number of benzene rings is 1. The number of nitriles is 1. The molecular formula is C15H20FN3O3S. The summed E-state index contributed by atoms with van der Waals surface area (Å²) in [5.41, 5.74) is 1.66. The highest BCUT2D eigenvalue weighted by Gasteiger charge is 2.32. The van der Waals surface area contributed by atoms with Crippen molar-refractivity contribution in [1.29, 1.82) is 5.26 Å². The molecule has 1 aliphatic heterocycles. The highest BCUT2D eigenvalue weighted by Crippen LogP contribution is 2.23. The largest absolute Gasteiger partial charge is 0.383 e. The predicted molar refractivity (Wildman–Crippen MR) is 83.1 cm³/mol. The molecule has 126 valence electrons. The lowest BCUT2D eigenvalue weighted by atomic mass is 10.0. The third-order valence-electron chi connectivity index (χ3n) is 3.82. The number of nitrogens with zero attached hydrogens (tertiary/aromatic N) is 3. The molecule has 6 nitrogen and oxygen atoms in total. The monoisotopic (exact) mass is 341 g/mol. The van der Waals surface area contributed by atoms with E-state index in [4.69, 9.17) is 10.00 Å². The predicted octanol–water partition coefficient (Wildman–Crippen LogP) is 1.29. The van der Waals surface area contributed by atoms with Crippen LogP contribution in [0.3, 0.4) is 0 Å². The van der Waals surface area contributed by atoms with Gasteiger partial charge in [0.2, 0.25) is 0 Å². The van der Waals surface area contributed by atoms with Crippen LogP contribution in [-0.4, -0.2) is 50.4 Å². The van der Waals surface area contributed by atoms with Crippen molar-refractivity contribution < 1.29 is 17.5 Å². The molecule has 0 fully saturated rings. The normalized spacial score (nSPS) is 15.4. The van der Waals surface area contributed by atoms with Crippen LogP contribution in [0.25, 0.3) is 0 Å². The van der Waals surface area contributed by atoms with Gasteiger partial charge < -0.3 is 4.74 Å². The Kier molecular flexibility index (Phi) is 6.07. The Bertz CT molecular complexity index is 688. The third-order valence-corrected chi connectivity index (χ3v) is 5.80. The fourth-order valence-corrected chi connectivity index (χ4v) is 4.14. The Morgan fingerprint density at radius 2 is 2.17 bits per heavy atom. The van der Waals surface area contributed by atoms with Crippen molar-refractivity contribution in [3.8, 4) is 6.07 Å². The van der Waals surface area contributed by atoms with E-state index in [9.17, 15) is 12.8 Å². The van der Waals surface area contributed by atoms with Gasteiger partial charge in [-0.15, -0.1) is 0 Å². The first-order valence-electron chi connectivity index (χ1n) is 7.37. The van der Waals surface area contributed by atoms with Crippen molar-refractivity contribution in [3.63, 3.8) is 0 Å². The topological polar surface area (TPSA) is 73.6 Å². The zero-order chi connectivity index (χ0) is 16.9. The molecule has 0 aliphatic carbocycles. The summed E-state index contributed by atoms with van der Waals surface area (Å²) in [6, 6.07) is 6.39. The molecule has 0 aromatic heterocycles. The second-order valence-electron chi connectivity index (χ2n) is 5.30. The lowest BCUT2D eigenvalue weighted by Crippen LogP contribution is -2.47. The first kappa shape index (κ1) is 17.8. The number of ether oxygens (including phenoxy) is 1. The lowest BCUT2D eigenvalue weighted by Gasteiger charge is -2.32. The van der Waals surface area contributed by atoms with Crippen molar-refractivity contribution >= 4 is 10.2 Å². The highest BCUT2D eigenvalue weighted by atomic mass is 32.2. The molecule has 2 rings (SSSR count). The summed E-state index contributed by atoms with van der Waals surface area (Å²) in [5.74, 6) is -0.309. The van der Waals surface area contributed by atoms with Crippen LogP contribution in [0.5, 0.6) is 0 Å². The van der Waals surface area contributed by atoms with Crippen molar-refractivity contribution in [2.24, 2.45) is 0 Å². The first-order valence-corrected chi connectivity index (χ1v) is 8.77. The highest BCUT2D eigenvalue weighted by molar-refractivity contribution is 7.86. The van der Waals surface area contributed by atoms with Crippen LogP contribution in [0, 0.1) is 17.1 Å². The minimum atomic E-state index is -3.68. The fourth-order valence-electron chi connectivity index (χ4n) is 2.57. The zero-order valence-corrected chi connectivity index (χ0v) is 13.9. The number of fused-ring (bicyclic) bond motifs is 1. The van der Waals surface area contributed by atoms with Crippen LogP contribution in [0.4, 0.5) is 4.39 Å². The number of hydrogen-bond acceptors (Lipinski definition) is 4. The van der Waals surface area contributed by atoms with Gasteiger partial charge in [0.1, 0.15) is 5.82 Å². The molecule has 0 spiro atoms. The van der Waals surface area contributed by atoms with E-state index in [1.807, 2.05) is 6.07 Å². The summed E-state index contributed by atoms with van der Waals surface area (Å²) >= 11 is 0. The van der Waals surface area contributed by atoms with Crippen molar-refractivity contribution in [3.05, 3.63) is 35.1 Å². The molecule has 1 aromatic carbocycles. The maximum atomic E-state index is 13.2. The van der Waals surface area contributed by atoms with Crippen molar-refractivity contribution in [1.82, 2.24) is 8.61 Å². The second-order valence-corrected chi connectivity index (χ2v) is 7.23. The summed E-state index contributed by atoms with van der Waals surface area (Å²) in [5, 5.41) is 8.72. The summed E-state index contributed by atoms with van der Waals surface area (Å²) in [6.45, 7) is 1.12. The molecule has 23 heavy (non-hydrogen) atoms. The first-order chi connectivity index (χ1) is 11.0. The van der Waals surface area contributed by atoms with Gasteiger partial charge in [-0.3, -0.25) is 0 Å². The van der Waals surface area contributed by atoms with Crippen LogP contribution in [-0.2, 0) is 27.9 Å². The van der Waals surface area contributed by atoms with E-state index < -0.39 is 10.2 Å². The van der Waals surface area contributed by atoms with Gasteiger partial charge in [0.15, 0.2) is 0 Å². The molecule has 0 amide bonds. The average Bonchev–Trinajstić information content (AvgIpc) is 2.54. The maximum absolute atomic E-state index is 13.2. The summed E-state index contributed by atoms with van der Waals surface area (Å²) in [6.07, 6.45) is 0.598. The second kappa shape index (κ2) is 7.84. The molecule has 0 bridgehead atoms. The van der Waals surface area contributed by atoms with E-state index in [1.54, 1.807) is 6.07 Å². The molecule has 0 unspecified atom stereocenters. The molecule has 0 saturated heterocycles. The van der Waals surface area contributed by atoms with Crippen molar-refractivity contribution in [2.75, 3.05) is 33.4 Å². The van der Waals surface area contributed by atoms with Gasteiger partial charge in [-0.05, 0) is 29.7 Å². The van der Waals surface area contributed by atoms with Crippen LogP contribution in [0.15, 0.2) is 18.2 Å². The van der Waals surface area contributed by atoms with E-state index >= 15 is 0 Å². The van der Waals surface area contributed by atoms with Crippen LogP contribution >= 0.6 is 0 Å². The standard InChI is InChI=1S/C15H20FN3O3S/c1-22-10-9-18(7-2-6-17)23(20,21)19-8-5-13-11-15(16)4-3-14(13)12-19/h3-4,11H,2,5,7-10,12H2,1H3. The van der Waals surface area contributed by atoms with Gasteiger partial charge in [-0.25, -0.2) is 4.39 Å². The number of hydrogen-bond donors (Lipinski definition) is 0. The van der Waals surface area contributed by atoms with Crippen LogP contribution in [0.1, 0.15) is 17.5 Å². The minimum Gasteiger partial charge on any atom is -0.383 e. The van der Waals surface area contributed by atoms with Crippen LogP contribution in [0.2, 0.25) is 0 Å². The smallest absolute Gasteiger partial charge is 0.282 e. The Hall–Kier alpha value is -1.53. The summed E-state index contributed by atoms with van der Waals surface area (Å²) in [7, 11) is -2.18. The molecule has 0 N–H and O–H groups in total. The summed E-state index contributed by atoms with van der Waals surface area (Å²) < 4.78 is 46.4. The molecule has 8 heteroatoms. The third kappa shape index (κ3) is 4.26. The van der Waals surface area contributed by atoms with Gasteiger partial charge in [0.25, 0.3) is 10.2 Å². The van der Waals surface area contributed by atoms with Crippen LogP contribution < -0.4 is 0 Å². The van der Waals surface area contributed by atoms with Crippen molar-refractivity contribution in [2.45, 2.75) is 19.4 Å². The minimum absolute atomic E-state index is 0.124. The van der Waals surface area contributed by atoms with E-state index in [0.717, 1.165) is 11.1 Å². The average molecular weight is 341 g/mol. The van der Waals surface area contributed by atoms with E-state index in [1.165, 1.54) is 27.9 Å². The van der Waals surface area contributed by atoms with Gasteiger partial charge in [-0.1, -0.05) is 6.07 Å². The SMILES string of the molecule is COCCN(CCC#N)S(=O)(=O)N1CCc2cc(F)ccc2C1. The molecule has 0 atom stereocenters. The van der Waals surface area contributed by atoms with E-state index in [2.05, 4.69) is 0 Å². The molecule has 1 aromatic rings. The van der Waals surface area contributed by atoms with Gasteiger partial charge in [0, 0.05) is 39.7 Å². The quantitative estimate of drug-likeness (QED) is 0.749. The molecule has 0 saturated carbocycles. The number of methoxy groups -OCH3 is 1. The molecule has 0 radical (unpaired) electrons. The molecule has 1 heterocycles. The molecular weight excluding hydrogens is 321 g/mol. The summed E-state index contributed by atoms with van der Waals surface area (Å²) in [4.78, 5) is 0. The Morgan fingerprint density at radius 3 is 2.87 bits per heavy atom. The van der Waals surface area contributed by atoms with Gasteiger partial charge in [0.05, 0.1) is 12.7 Å². The zero-order valence-electron chi connectivity index (χ0n) is 13.0. The van der Waals surface area contributed by atoms with E-state index in [-0.39, 0.29) is 38.5 Å². The molecule has 1 aliphatic rings. The van der Waals surface area contributed by atoms with E-state index in [0.29, 0.717) is 13.0 Å². The maximum Gasteiger partial charge on any atom is 0.282 e. The Labute approximate surface area is 136 Å². The Morgan fingerprint density at radius 1 is 1.39 bits per heavy atom. The Balaban J connectivity index is 2.17.